The third-order valence-electron chi connectivity index (χ3n) is 3.58. The van der Waals surface area contributed by atoms with Gasteiger partial charge in [-0.15, -0.1) is 0 Å². The first-order chi connectivity index (χ1) is 12.0. The van der Waals surface area contributed by atoms with Crippen molar-refractivity contribution in [1.29, 1.82) is 0 Å². The van der Waals surface area contributed by atoms with Crippen LogP contribution in [-0.4, -0.2) is 10.9 Å². The average molecular weight is 356 g/mol. The van der Waals surface area contributed by atoms with E-state index in [0.717, 1.165) is 5.56 Å². The molecular formula is C19H15ClFN3O. The smallest absolute Gasteiger partial charge is 0.274 e. The molecule has 25 heavy (non-hydrogen) atoms. The number of rotatable bonds is 4. The molecule has 1 amide bonds. The van der Waals surface area contributed by atoms with Crippen molar-refractivity contribution in [2.24, 2.45) is 0 Å². The Morgan fingerprint density at radius 2 is 1.88 bits per heavy atom. The zero-order valence-corrected chi connectivity index (χ0v) is 14.1. The van der Waals surface area contributed by atoms with Crippen molar-refractivity contribution in [3.05, 3.63) is 82.9 Å². The number of nitrogens with one attached hydrogen (secondary N) is 2. The molecule has 0 aliphatic carbocycles. The van der Waals surface area contributed by atoms with Crippen LogP contribution < -0.4 is 10.6 Å². The Balaban J connectivity index is 1.77. The van der Waals surface area contributed by atoms with E-state index in [2.05, 4.69) is 15.6 Å². The topological polar surface area (TPSA) is 54.0 Å². The van der Waals surface area contributed by atoms with Gasteiger partial charge in [-0.2, -0.15) is 0 Å². The van der Waals surface area contributed by atoms with Crippen molar-refractivity contribution in [1.82, 2.24) is 4.98 Å². The van der Waals surface area contributed by atoms with Gasteiger partial charge in [0.1, 0.15) is 11.5 Å². The fourth-order valence-electron chi connectivity index (χ4n) is 2.22. The van der Waals surface area contributed by atoms with E-state index >= 15 is 0 Å². The normalized spacial score (nSPS) is 10.4. The van der Waals surface area contributed by atoms with Crippen molar-refractivity contribution < 1.29 is 9.18 Å². The third kappa shape index (κ3) is 4.14. The van der Waals surface area contributed by atoms with Gasteiger partial charge in [-0.05, 0) is 48.9 Å². The molecule has 6 heteroatoms. The first kappa shape index (κ1) is 16.9. The first-order valence-corrected chi connectivity index (χ1v) is 7.96. The lowest BCUT2D eigenvalue weighted by Gasteiger charge is -2.10. The Morgan fingerprint density at radius 3 is 2.64 bits per heavy atom. The molecule has 0 radical (unpaired) electrons. The second-order valence-corrected chi connectivity index (χ2v) is 5.86. The maximum atomic E-state index is 13.7. The lowest BCUT2D eigenvalue weighted by Crippen LogP contribution is -2.14. The van der Waals surface area contributed by atoms with Crippen LogP contribution in [0.25, 0.3) is 0 Å². The van der Waals surface area contributed by atoms with Crippen molar-refractivity contribution in [3.63, 3.8) is 0 Å². The van der Waals surface area contributed by atoms with E-state index in [0.29, 0.717) is 22.1 Å². The Morgan fingerprint density at radius 1 is 1.08 bits per heavy atom. The summed E-state index contributed by atoms with van der Waals surface area (Å²) in [6, 6.07) is 14.8. The van der Waals surface area contributed by atoms with Crippen molar-refractivity contribution in [2.45, 2.75) is 6.92 Å². The first-order valence-electron chi connectivity index (χ1n) is 7.58. The van der Waals surface area contributed by atoms with Gasteiger partial charge in [0.05, 0.1) is 5.69 Å². The minimum absolute atomic E-state index is 0.207. The largest absolute Gasteiger partial charge is 0.353 e. The van der Waals surface area contributed by atoms with Gasteiger partial charge in [0, 0.05) is 22.6 Å². The van der Waals surface area contributed by atoms with Gasteiger partial charge >= 0.3 is 0 Å². The maximum Gasteiger partial charge on any atom is 0.274 e. The summed E-state index contributed by atoms with van der Waals surface area (Å²) in [5.41, 5.74) is 2.60. The molecular weight excluding hydrogens is 341 g/mol. The number of aromatic nitrogens is 1. The Bertz CT molecular complexity index is 930. The van der Waals surface area contributed by atoms with Crippen LogP contribution in [0.5, 0.6) is 0 Å². The number of amides is 1. The minimum Gasteiger partial charge on any atom is -0.353 e. The van der Waals surface area contributed by atoms with Crippen LogP contribution in [0.1, 0.15) is 16.1 Å². The van der Waals surface area contributed by atoms with Gasteiger partial charge in [0.2, 0.25) is 0 Å². The number of benzene rings is 2. The molecule has 126 valence electrons. The van der Waals surface area contributed by atoms with Gasteiger partial charge in [-0.1, -0.05) is 29.8 Å². The van der Waals surface area contributed by atoms with Crippen LogP contribution in [0.2, 0.25) is 5.02 Å². The highest BCUT2D eigenvalue weighted by molar-refractivity contribution is 6.31. The summed E-state index contributed by atoms with van der Waals surface area (Å²) in [6.45, 7) is 1.88. The number of pyridine rings is 1. The quantitative estimate of drug-likeness (QED) is 0.678. The van der Waals surface area contributed by atoms with E-state index < -0.39 is 0 Å². The molecule has 2 aromatic carbocycles. The summed E-state index contributed by atoms with van der Waals surface area (Å²) >= 11 is 6.06. The summed E-state index contributed by atoms with van der Waals surface area (Å²) < 4.78 is 13.7. The monoisotopic (exact) mass is 355 g/mol. The van der Waals surface area contributed by atoms with Crippen LogP contribution in [0.3, 0.4) is 0 Å². The number of nitrogens with zero attached hydrogens (tertiary/aromatic N) is 1. The zero-order valence-electron chi connectivity index (χ0n) is 13.4. The van der Waals surface area contributed by atoms with Crippen LogP contribution in [0.4, 0.5) is 21.5 Å². The molecule has 0 bridgehead atoms. The molecule has 2 N–H and O–H groups in total. The predicted octanol–water partition coefficient (Wildman–Crippen LogP) is 5.18. The molecule has 4 nitrogen and oxygen atoms in total. The van der Waals surface area contributed by atoms with E-state index in [1.54, 1.807) is 42.5 Å². The summed E-state index contributed by atoms with van der Waals surface area (Å²) in [6.07, 6.45) is 1.49. The van der Waals surface area contributed by atoms with Crippen LogP contribution >= 0.6 is 11.6 Å². The Hall–Kier alpha value is -2.92. The van der Waals surface area contributed by atoms with Crippen molar-refractivity contribution >= 4 is 34.6 Å². The summed E-state index contributed by atoms with van der Waals surface area (Å²) in [5, 5.41) is 6.24. The second kappa shape index (κ2) is 7.32. The molecule has 0 aliphatic rings. The summed E-state index contributed by atoms with van der Waals surface area (Å²) in [5.74, 6) is -0.753. The van der Waals surface area contributed by atoms with E-state index in [1.165, 1.54) is 12.3 Å². The van der Waals surface area contributed by atoms with Crippen LogP contribution in [-0.2, 0) is 0 Å². The molecule has 3 aromatic rings. The minimum atomic E-state index is -0.378. The Labute approximate surface area is 149 Å². The zero-order chi connectivity index (χ0) is 17.8. The molecule has 0 fully saturated rings. The molecule has 1 aromatic heterocycles. The number of para-hydroxylation sites is 1. The number of carbonyl (C=O) groups excluding carboxylic acids is 1. The standard InChI is InChI=1S/C19H15ClFN3O/c1-12-6-7-13(10-15(12)20)24-19(25)18-11-14(8-9-22-18)23-17-5-3-2-4-16(17)21/h2-11H,1H3,(H,22,23)(H,24,25). The van der Waals surface area contributed by atoms with Crippen LogP contribution in [0, 0.1) is 12.7 Å². The van der Waals surface area contributed by atoms with E-state index in [9.17, 15) is 9.18 Å². The highest BCUT2D eigenvalue weighted by Gasteiger charge is 2.10. The molecule has 0 aliphatic heterocycles. The fourth-order valence-corrected chi connectivity index (χ4v) is 2.40. The highest BCUT2D eigenvalue weighted by Crippen LogP contribution is 2.22. The number of hydrogen-bond donors (Lipinski definition) is 2. The van der Waals surface area contributed by atoms with Gasteiger partial charge in [-0.25, -0.2) is 4.39 Å². The van der Waals surface area contributed by atoms with Gasteiger partial charge in [0.15, 0.2) is 0 Å². The van der Waals surface area contributed by atoms with Gasteiger partial charge < -0.3 is 10.6 Å². The summed E-state index contributed by atoms with van der Waals surface area (Å²) in [4.78, 5) is 16.4. The summed E-state index contributed by atoms with van der Waals surface area (Å²) in [7, 11) is 0. The Kier molecular flexibility index (Phi) is 4.95. The molecule has 0 saturated carbocycles. The number of hydrogen-bond acceptors (Lipinski definition) is 3. The SMILES string of the molecule is Cc1ccc(NC(=O)c2cc(Nc3ccccc3F)ccn2)cc1Cl. The molecule has 0 unspecified atom stereocenters. The lowest BCUT2D eigenvalue weighted by atomic mass is 10.2. The van der Waals surface area contributed by atoms with Crippen molar-refractivity contribution in [3.8, 4) is 0 Å². The maximum absolute atomic E-state index is 13.7. The number of aryl methyl sites for hydroxylation is 1. The molecule has 1 heterocycles. The number of halogens is 2. The third-order valence-corrected chi connectivity index (χ3v) is 3.98. The van der Waals surface area contributed by atoms with Gasteiger partial charge in [0.25, 0.3) is 5.91 Å². The van der Waals surface area contributed by atoms with E-state index in [4.69, 9.17) is 11.6 Å². The second-order valence-electron chi connectivity index (χ2n) is 5.45. The molecule has 0 saturated heterocycles. The lowest BCUT2D eigenvalue weighted by molar-refractivity contribution is 0.102. The highest BCUT2D eigenvalue weighted by atomic mass is 35.5. The fraction of sp³-hybridized carbons (Fsp3) is 0.0526. The van der Waals surface area contributed by atoms with E-state index in [-0.39, 0.29) is 17.4 Å². The number of carbonyl (C=O) groups is 1. The number of anilines is 3. The van der Waals surface area contributed by atoms with E-state index in [1.807, 2.05) is 13.0 Å². The molecule has 0 atom stereocenters. The average Bonchev–Trinajstić information content (AvgIpc) is 2.60. The van der Waals surface area contributed by atoms with Gasteiger partial charge in [-0.3, -0.25) is 9.78 Å². The molecule has 3 rings (SSSR count). The molecule has 0 spiro atoms. The van der Waals surface area contributed by atoms with Crippen LogP contribution in [0.15, 0.2) is 60.8 Å². The van der Waals surface area contributed by atoms with Crippen molar-refractivity contribution in [2.75, 3.05) is 10.6 Å². The predicted molar refractivity (Wildman–Crippen MR) is 98.1 cm³/mol.